The van der Waals surface area contributed by atoms with Gasteiger partial charge in [-0.25, -0.2) is 4.98 Å². The Morgan fingerprint density at radius 1 is 1.32 bits per heavy atom. The first-order valence-electron chi connectivity index (χ1n) is 6.62. The van der Waals surface area contributed by atoms with Gasteiger partial charge in [-0.15, -0.1) is 0 Å². The van der Waals surface area contributed by atoms with Gasteiger partial charge in [-0.2, -0.15) is 5.10 Å². The zero-order chi connectivity index (χ0) is 13.7. The van der Waals surface area contributed by atoms with Crippen LogP contribution < -0.4 is 11.3 Å². The molecule has 19 heavy (non-hydrogen) atoms. The largest absolute Gasteiger partial charge is 0.271 e. The molecule has 102 valence electrons. The molecule has 0 saturated heterocycles. The van der Waals surface area contributed by atoms with Gasteiger partial charge in [0.1, 0.15) is 12.2 Å². The zero-order valence-electron chi connectivity index (χ0n) is 11.5. The maximum atomic E-state index is 5.67. The summed E-state index contributed by atoms with van der Waals surface area (Å²) in [6.45, 7) is 5.01. The Kier molecular flexibility index (Phi) is 4.65. The number of benzene rings is 1. The average molecular weight is 259 g/mol. The molecular weight excluding hydrogens is 238 g/mol. The molecule has 1 unspecified atom stereocenters. The first-order chi connectivity index (χ1) is 9.24. The summed E-state index contributed by atoms with van der Waals surface area (Å²) >= 11 is 0. The molecule has 2 aromatic rings. The van der Waals surface area contributed by atoms with Crippen LogP contribution in [0.4, 0.5) is 0 Å². The van der Waals surface area contributed by atoms with Crippen LogP contribution in [0.1, 0.15) is 23.9 Å². The molecule has 1 atom stereocenters. The van der Waals surface area contributed by atoms with Crippen molar-refractivity contribution in [3.63, 3.8) is 0 Å². The molecule has 0 fully saturated rings. The van der Waals surface area contributed by atoms with Gasteiger partial charge in [0, 0.05) is 19.0 Å². The number of nitrogens with two attached hydrogens (primary N) is 1. The molecule has 0 saturated carbocycles. The van der Waals surface area contributed by atoms with E-state index in [9.17, 15) is 0 Å². The molecule has 0 amide bonds. The highest BCUT2D eigenvalue weighted by Crippen LogP contribution is 2.11. The van der Waals surface area contributed by atoms with Crippen LogP contribution in [0.2, 0.25) is 0 Å². The van der Waals surface area contributed by atoms with Crippen molar-refractivity contribution in [3.8, 4) is 0 Å². The van der Waals surface area contributed by atoms with E-state index in [1.165, 1.54) is 11.1 Å². The molecule has 5 nitrogen and oxygen atoms in total. The third kappa shape index (κ3) is 3.39. The lowest BCUT2D eigenvalue weighted by Crippen LogP contribution is -2.39. The van der Waals surface area contributed by atoms with Crippen molar-refractivity contribution in [1.82, 2.24) is 20.2 Å². The Hall–Kier alpha value is -1.72. The molecule has 1 heterocycles. The summed E-state index contributed by atoms with van der Waals surface area (Å²) < 4.78 is 1.90. The van der Waals surface area contributed by atoms with Gasteiger partial charge in [0.25, 0.3) is 0 Å². The third-order valence-electron chi connectivity index (χ3n) is 3.39. The summed E-state index contributed by atoms with van der Waals surface area (Å²) in [7, 11) is 0. The number of hydrogen-bond donors (Lipinski definition) is 2. The van der Waals surface area contributed by atoms with E-state index < -0.39 is 0 Å². The highest BCUT2D eigenvalue weighted by atomic mass is 15.3. The van der Waals surface area contributed by atoms with E-state index in [2.05, 4.69) is 53.6 Å². The van der Waals surface area contributed by atoms with E-state index in [1.54, 1.807) is 6.33 Å². The minimum absolute atomic E-state index is 0.163. The maximum Gasteiger partial charge on any atom is 0.138 e. The van der Waals surface area contributed by atoms with Gasteiger partial charge >= 0.3 is 0 Å². The molecule has 0 aliphatic heterocycles. The molecule has 0 radical (unpaired) electrons. The number of nitrogens with one attached hydrogen (secondary N) is 1. The van der Waals surface area contributed by atoms with Crippen LogP contribution in [0, 0.1) is 6.92 Å². The van der Waals surface area contributed by atoms with Crippen LogP contribution >= 0.6 is 0 Å². The number of hydrazine groups is 1. The molecule has 0 bridgehead atoms. The first-order valence-corrected chi connectivity index (χ1v) is 6.62. The minimum atomic E-state index is 0.163. The Balaban J connectivity index is 2.07. The lowest BCUT2D eigenvalue weighted by molar-refractivity contribution is 0.489. The Labute approximate surface area is 113 Å². The highest BCUT2D eigenvalue weighted by molar-refractivity contribution is 5.26. The topological polar surface area (TPSA) is 68.8 Å². The van der Waals surface area contributed by atoms with Crippen LogP contribution in [0.5, 0.6) is 0 Å². The van der Waals surface area contributed by atoms with Gasteiger partial charge < -0.3 is 0 Å². The lowest BCUT2D eigenvalue weighted by Gasteiger charge is -2.17. The van der Waals surface area contributed by atoms with Gasteiger partial charge in [-0.05, 0) is 31.4 Å². The molecule has 5 heteroatoms. The van der Waals surface area contributed by atoms with Gasteiger partial charge in [0.15, 0.2) is 0 Å². The van der Waals surface area contributed by atoms with Crippen LogP contribution in [-0.2, 0) is 19.4 Å². The van der Waals surface area contributed by atoms with Crippen LogP contribution in [0.15, 0.2) is 30.6 Å². The fourth-order valence-electron chi connectivity index (χ4n) is 2.23. The second-order valence-corrected chi connectivity index (χ2v) is 4.69. The van der Waals surface area contributed by atoms with Crippen molar-refractivity contribution in [1.29, 1.82) is 0 Å². The number of hydrogen-bond acceptors (Lipinski definition) is 4. The number of nitrogens with zero attached hydrogens (tertiary/aromatic N) is 3. The van der Waals surface area contributed by atoms with Crippen molar-refractivity contribution in [2.45, 2.75) is 39.3 Å². The fraction of sp³-hybridized carbons (Fsp3) is 0.429. The average Bonchev–Trinajstić information content (AvgIpc) is 2.87. The van der Waals surface area contributed by atoms with Crippen LogP contribution in [0.3, 0.4) is 0 Å². The van der Waals surface area contributed by atoms with Crippen LogP contribution in [-0.4, -0.2) is 20.8 Å². The summed E-state index contributed by atoms with van der Waals surface area (Å²) in [5.74, 6) is 6.64. The molecule has 0 spiro atoms. The lowest BCUT2D eigenvalue weighted by atomic mass is 9.99. The van der Waals surface area contributed by atoms with Crippen molar-refractivity contribution in [3.05, 3.63) is 47.5 Å². The quantitative estimate of drug-likeness (QED) is 0.604. The smallest absolute Gasteiger partial charge is 0.138 e. The second-order valence-electron chi connectivity index (χ2n) is 4.69. The first kappa shape index (κ1) is 13.7. The SMILES string of the molecule is CCn1ncnc1CC(Cc1ccccc1C)NN. The predicted molar refractivity (Wildman–Crippen MR) is 75.4 cm³/mol. The number of rotatable bonds is 6. The van der Waals surface area contributed by atoms with E-state index in [1.807, 2.05) is 4.68 Å². The van der Waals surface area contributed by atoms with Crippen molar-refractivity contribution in [2.24, 2.45) is 5.84 Å². The minimum Gasteiger partial charge on any atom is -0.271 e. The summed E-state index contributed by atoms with van der Waals surface area (Å²) in [5.41, 5.74) is 5.49. The zero-order valence-corrected chi connectivity index (χ0v) is 11.5. The molecule has 1 aromatic heterocycles. The Morgan fingerprint density at radius 2 is 2.11 bits per heavy atom. The third-order valence-corrected chi connectivity index (χ3v) is 3.39. The monoisotopic (exact) mass is 259 g/mol. The van der Waals surface area contributed by atoms with E-state index in [0.29, 0.717) is 0 Å². The van der Waals surface area contributed by atoms with E-state index in [0.717, 1.165) is 25.2 Å². The summed E-state index contributed by atoms with van der Waals surface area (Å²) in [5, 5.41) is 4.18. The van der Waals surface area contributed by atoms with Gasteiger partial charge in [-0.1, -0.05) is 24.3 Å². The predicted octanol–water partition coefficient (Wildman–Crippen LogP) is 1.22. The molecule has 0 aliphatic rings. The molecule has 2 rings (SSSR count). The standard InChI is InChI=1S/C14H21N5/c1-3-19-14(16-10-17-19)9-13(18-15)8-12-7-5-4-6-11(12)2/h4-7,10,13,18H,3,8-9,15H2,1-2H3. The van der Waals surface area contributed by atoms with Gasteiger partial charge in [0.05, 0.1) is 0 Å². The summed E-state index contributed by atoms with van der Waals surface area (Å²) in [4.78, 5) is 4.30. The van der Waals surface area contributed by atoms with Crippen LogP contribution in [0.25, 0.3) is 0 Å². The van der Waals surface area contributed by atoms with E-state index in [-0.39, 0.29) is 6.04 Å². The van der Waals surface area contributed by atoms with Gasteiger partial charge in [-0.3, -0.25) is 16.0 Å². The van der Waals surface area contributed by atoms with Crippen molar-refractivity contribution >= 4 is 0 Å². The Morgan fingerprint density at radius 3 is 2.79 bits per heavy atom. The van der Waals surface area contributed by atoms with E-state index in [4.69, 9.17) is 5.84 Å². The maximum absolute atomic E-state index is 5.67. The molecule has 3 N–H and O–H groups in total. The van der Waals surface area contributed by atoms with E-state index >= 15 is 0 Å². The van der Waals surface area contributed by atoms with Crippen molar-refractivity contribution in [2.75, 3.05) is 0 Å². The van der Waals surface area contributed by atoms with Gasteiger partial charge in [0.2, 0.25) is 0 Å². The van der Waals surface area contributed by atoms with Crippen molar-refractivity contribution < 1.29 is 0 Å². The second kappa shape index (κ2) is 6.45. The highest BCUT2D eigenvalue weighted by Gasteiger charge is 2.13. The number of aromatic nitrogens is 3. The molecular formula is C14H21N5. The fourth-order valence-corrected chi connectivity index (χ4v) is 2.23. The Bertz CT molecular complexity index is 520. The summed E-state index contributed by atoms with van der Waals surface area (Å²) in [6.07, 6.45) is 3.26. The molecule has 1 aromatic carbocycles. The number of aryl methyl sites for hydroxylation is 2. The normalized spacial score (nSPS) is 12.6. The molecule has 0 aliphatic carbocycles. The summed E-state index contributed by atoms with van der Waals surface area (Å²) in [6, 6.07) is 8.54.